The zero-order valence-corrected chi connectivity index (χ0v) is 14.4. The number of thioether (sulfide) groups is 1. The monoisotopic (exact) mass is 335 g/mol. The molecular weight excluding hydrogens is 314 g/mol. The zero-order chi connectivity index (χ0) is 16.4. The highest BCUT2D eigenvalue weighted by Crippen LogP contribution is 2.27. The molecule has 0 N–H and O–H groups in total. The maximum absolute atomic E-state index is 12.4. The first kappa shape index (κ1) is 16.1. The van der Waals surface area contributed by atoms with Gasteiger partial charge in [-0.25, -0.2) is 0 Å². The molecular formula is C16H21N3O3S. The number of carbonyl (C=O) groups excluding carboxylic acids is 1. The van der Waals surface area contributed by atoms with Crippen molar-refractivity contribution in [3.8, 4) is 11.5 Å². The number of furan rings is 1. The average Bonchev–Trinajstić information content (AvgIpc) is 3.12. The zero-order valence-electron chi connectivity index (χ0n) is 13.6. The summed E-state index contributed by atoms with van der Waals surface area (Å²) in [6.45, 7) is 7.91. The summed E-state index contributed by atoms with van der Waals surface area (Å²) in [5, 5.41) is 8.42. The van der Waals surface area contributed by atoms with Crippen LogP contribution in [-0.2, 0) is 4.79 Å². The fourth-order valence-electron chi connectivity index (χ4n) is 3.07. The first-order valence-electron chi connectivity index (χ1n) is 7.81. The average molecular weight is 335 g/mol. The Morgan fingerprint density at radius 1 is 1.35 bits per heavy atom. The summed E-state index contributed by atoms with van der Waals surface area (Å²) in [6.07, 6.45) is 2.78. The molecule has 6 nitrogen and oxygen atoms in total. The van der Waals surface area contributed by atoms with Crippen LogP contribution in [0.4, 0.5) is 0 Å². The van der Waals surface area contributed by atoms with Crippen molar-refractivity contribution in [1.82, 2.24) is 15.1 Å². The number of amides is 1. The first-order valence-corrected chi connectivity index (χ1v) is 8.80. The van der Waals surface area contributed by atoms with E-state index in [4.69, 9.17) is 8.83 Å². The van der Waals surface area contributed by atoms with Crippen LogP contribution in [0.1, 0.15) is 26.0 Å². The fourth-order valence-corrected chi connectivity index (χ4v) is 3.73. The lowest BCUT2D eigenvalue weighted by molar-refractivity contribution is -0.130. The molecule has 0 unspecified atom stereocenters. The second-order valence-electron chi connectivity index (χ2n) is 6.30. The summed E-state index contributed by atoms with van der Waals surface area (Å²) in [7, 11) is 0. The van der Waals surface area contributed by atoms with Crippen LogP contribution in [0.3, 0.4) is 0 Å². The molecule has 2 aromatic heterocycles. The summed E-state index contributed by atoms with van der Waals surface area (Å²) in [4.78, 5) is 14.3. The van der Waals surface area contributed by atoms with Gasteiger partial charge >= 0.3 is 0 Å². The van der Waals surface area contributed by atoms with Crippen LogP contribution in [-0.4, -0.2) is 39.8 Å². The lowest BCUT2D eigenvalue weighted by Gasteiger charge is -2.34. The van der Waals surface area contributed by atoms with Crippen molar-refractivity contribution >= 4 is 17.7 Å². The Morgan fingerprint density at radius 3 is 2.74 bits per heavy atom. The molecule has 3 rings (SSSR count). The molecule has 1 aliphatic rings. The first-order chi connectivity index (χ1) is 11.0. The second kappa shape index (κ2) is 6.78. The number of likely N-dealkylation sites (tertiary alicyclic amines) is 1. The Hall–Kier alpha value is -1.76. The van der Waals surface area contributed by atoms with Gasteiger partial charge in [0.1, 0.15) is 5.76 Å². The Kier molecular flexibility index (Phi) is 4.75. The Bertz CT molecular complexity index is 672. The van der Waals surface area contributed by atoms with Gasteiger partial charge in [-0.15, -0.1) is 10.2 Å². The lowest BCUT2D eigenvalue weighted by Crippen LogP contribution is -2.43. The maximum Gasteiger partial charge on any atom is 0.277 e. The summed E-state index contributed by atoms with van der Waals surface area (Å²) >= 11 is 1.29. The minimum absolute atomic E-state index is 0.132. The number of hydrogen-bond donors (Lipinski definition) is 0. The molecule has 1 saturated heterocycles. The summed E-state index contributed by atoms with van der Waals surface area (Å²) < 4.78 is 10.8. The second-order valence-corrected chi connectivity index (χ2v) is 7.22. The molecule has 0 saturated carbocycles. The number of piperidine rings is 1. The van der Waals surface area contributed by atoms with E-state index in [1.165, 1.54) is 18.2 Å². The van der Waals surface area contributed by atoms with Gasteiger partial charge in [0.25, 0.3) is 11.1 Å². The maximum atomic E-state index is 12.4. The van der Waals surface area contributed by atoms with Crippen molar-refractivity contribution in [2.75, 3.05) is 18.8 Å². The third-order valence-electron chi connectivity index (χ3n) is 4.04. The topological polar surface area (TPSA) is 72.4 Å². The molecule has 1 amide bonds. The predicted molar refractivity (Wildman–Crippen MR) is 87.0 cm³/mol. The molecule has 1 aliphatic heterocycles. The third kappa shape index (κ3) is 3.77. The van der Waals surface area contributed by atoms with Crippen LogP contribution >= 0.6 is 11.8 Å². The highest BCUT2D eigenvalue weighted by atomic mass is 32.2. The van der Waals surface area contributed by atoms with E-state index in [1.807, 2.05) is 11.8 Å². The van der Waals surface area contributed by atoms with Gasteiger partial charge in [0.15, 0.2) is 0 Å². The summed E-state index contributed by atoms with van der Waals surface area (Å²) in [5.74, 6) is 2.74. The van der Waals surface area contributed by atoms with Gasteiger partial charge in [-0.05, 0) is 31.2 Å². The molecule has 23 heavy (non-hydrogen) atoms. The Morgan fingerprint density at radius 2 is 2.09 bits per heavy atom. The highest BCUT2D eigenvalue weighted by molar-refractivity contribution is 7.99. The van der Waals surface area contributed by atoms with Gasteiger partial charge in [-0.3, -0.25) is 4.79 Å². The van der Waals surface area contributed by atoms with Crippen LogP contribution in [0.15, 0.2) is 26.4 Å². The van der Waals surface area contributed by atoms with Crippen LogP contribution in [0, 0.1) is 18.8 Å². The number of carbonyl (C=O) groups is 1. The van der Waals surface area contributed by atoms with Crippen LogP contribution < -0.4 is 0 Å². The SMILES string of the molecule is Cc1occc1-c1nnc(SCC(=O)N2C[C@@H](C)C[C@H](C)C2)o1. The molecule has 1 fully saturated rings. The molecule has 0 aromatic carbocycles. The smallest absolute Gasteiger partial charge is 0.277 e. The number of hydrogen-bond acceptors (Lipinski definition) is 6. The molecule has 7 heteroatoms. The molecule has 0 bridgehead atoms. The van der Waals surface area contributed by atoms with Crippen LogP contribution in [0.5, 0.6) is 0 Å². The van der Waals surface area contributed by atoms with E-state index in [0.29, 0.717) is 28.7 Å². The highest BCUT2D eigenvalue weighted by Gasteiger charge is 2.25. The summed E-state index contributed by atoms with van der Waals surface area (Å²) in [5.41, 5.74) is 0.786. The van der Waals surface area contributed by atoms with Gasteiger partial charge in [-0.2, -0.15) is 0 Å². The normalized spacial score (nSPS) is 21.6. The van der Waals surface area contributed by atoms with Crippen molar-refractivity contribution < 1.29 is 13.6 Å². The van der Waals surface area contributed by atoms with Gasteiger partial charge in [0, 0.05) is 13.1 Å². The molecule has 0 aliphatic carbocycles. The predicted octanol–water partition coefficient (Wildman–Crippen LogP) is 3.23. The van der Waals surface area contributed by atoms with Crippen LogP contribution in [0.25, 0.3) is 11.5 Å². The van der Waals surface area contributed by atoms with E-state index >= 15 is 0 Å². The Labute approximate surface area is 139 Å². The standard InChI is InChI=1S/C16H21N3O3S/c1-10-6-11(2)8-19(7-10)14(20)9-23-16-18-17-15(22-16)13-4-5-21-12(13)3/h4-5,10-11H,6-9H2,1-3H3/t10-,11-/m0/s1. The fraction of sp³-hybridized carbons (Fsp3) is 0.562. The largest absolute Gasteiger partial charge is 0.469 e. The number of nitrogens with zero attached hydrogens (tertiary/aromatic N) is 3. The molecule has 2 atom stereocenters. The lowest BCUT2D eigenvalue weighted by atomic mass is 9.92. The van der Waals surface area contributed by atoms with E-state index < -0.39 is 0 Å². The quantitative estimate of drug-likeness (QED) is 0.799. The number of rotatable bonds is 4. The van der Waals surface area contributed by atoms with E-state index in [2.05, 4.69) is 24.0 Å². The van der Waals surface area contributed by atoms with Crippen LogP contribution in [0.2, 0.25) is 0 Å². The Balaban J connectivity index is 1.57. The van der Waals surface area contributed by atoms with Gasteiger partial charge in [0.2, 0.25) is 5.91 Å². The minimum atomic E-state index is 0.132. The van der Waals surface area contributed by atoms with Crippen molar-refractivity contribution in [3.63, 3.8) is 0 Å². The minimum Gasteiger partial charge on any atom is -0.469 e. The van der Waals surface area contributed by atoms with Crippen molar-refractivity contribution in [1.29, 1.82) is 0 Å². The van der Waals surface area contributed by atoms with Crippen molar-refractivity contribution in [2.24, 2.45) is 11.8 Å². The third-order valence-corrected chi connectivity index (χ3v) is 4.84. The van der Waals surface area contributed by atoms with Gasteiger partial charge in [0.05, 0.1) is 17.6 Å². The van der Waals surface area contributed by atoms with Gasteiger partial charge in [-0.1, -0.05) is 25.6 Å². The molecule has 3 heterocycles. The number of aryl methyl sites for hydroxylation is 1. The van der Waals surface area contributed by atoms with E-state index in [9.17, 15) is 4.79 Å². The van der Waals surface area contributed by atoms with E-state index in [-0.39, 0.29) is 5.91 Å². The van der Waals surface area contributed by atoms with Crippen molar-refractivity contribution in [3.05, 3.63) is 18.1 Å². The van der Waals surface area contributed by atoms with E-state index in [1.54, 1.807) is 12.3 Å². The van der Waals surface area contributed by atoms with E-state index in [0.717, 1.165) is 24.4 Å². The molecule has 0 radical (unpaired) electrons. The van der Waals surface area contributed by atoms with Crippen molar-refractivity contribution in [2.45, 2.75) is 32.4 Å². The molecule has 124 valence electrons. The molecule has 2 aromatic rings. The molecule has 0 spiro atoms. The van der Waals surface area contributed by atoms with Gasteiger partial charge < -0.3 is 13.7 Å². The summed E-state index contributed by atoms with van der Waals surface area (Å²) in [6, 6.07) is 1.79. The number of aromatic nitrogens is 2.